The van der Waals surface area contributed by atoms with Gasteiger partial charge in [0.2, 0.25) is 0 Å². The predicted octanol–water partition coefficient (Wildman–Crippen LogP) is 2.83. The predicted molar refractivity (Wildman–Crippen MR) is 62.2 cm³/mol. The second-order valence-corrected chi connectivity index (χ2v) is 4.91. The Morgan fingerprint density at radius 3 is 3.13 bits per heavy atom. The number of amides is 1. The van der Waals surface area contributed by atoms with Gasteiger partial charge >= 0.3 is 6.09 Å². The SMILES string of the molecule is O=C(O)NCc1nc2ccc(Br)cc2s1. The number of halogens is 1. The first-order valence-corrected chi connectivity index (χ1v) is 5.78. The molecule has 15 heavy (non-hydrogen) atoms. The van der Waals surface area contributed by atoms with Gasteiger partial charge in [0.05, 0.1) is 16.8 Å². The first-order chi connectivity index (χ1) is 7.15. The van der Waals surface area contributed by atoms with Crippen molar-refractivity contribution in [2.24, 2.45) is 0 Å². The van der Waals surface area contributed by atoms with E-state index in [2.05, 4.69) is 26.2 Å². The van der Waals surface area contributed by atoms with E-state index >= 15 is 0 Å². The lowest BCUT2D eigenvalue weighted by Crippen LogP contribution is -2.19. The number of benzene rings is 1. The summed E-state index contributed by atoms with van der Waals surface area (Å²) in [6, 6.07) is 5.79. The van der Waals surface area contributed by atoms with E-state index in [1.54, 1.807) is 0 Å². The first-order valence-electron chi connectivity index (χ1n) is 4.17. The summed E-state index contributed by atoms with van der Waals surface area (Å²) in [5.74, 6) is 0. The van der Waals surface area contributed by atoms with Crippen LogP contribution in [0.15, 0.2) is 22.7 Å². The van der Waals surface area contributed by atoms with Crippen molar-refractivity contribution in [3.63, 3.8) is 0 Å². The molecule has 78 valence electrons. The van der Waals surface area contributed by atoms with E-state index in [9.17, 15) is 4.79 Å². The summed E-state index contributed by atoms with van der Waals surface area (Å²) >= 11 is 4.86. The molecule has 1 heterocycles. The standard InChI is InChI=1S/C9H7BrN2O2S/c10-5-1-2-6-7(3-5)15-8(12-6)4-11-9(13)14/h1-3,11H,4H2,(H,13,14). The maximum atomic E-state index is 10.3. The zero-order valence-corrected chi connectivity index (χ0v) is 9.93. The van der Waals surface area contributed by atoms with Crippen LogP contribution in [0.2, 0.25) is 0 Å². The first kappa shape index (κ1) is 10.4. The number of aromatic nitrogens is 1. The highest BCUT2D eigenvalue weighted by Crippen LogP contribution is 2.25. The quantitative estimate of drug-likeness (QED) is 0.892. The van der Waals surface area contributed by atoms with Crippen molar-refractivity contribution < 1.29 is 9.90 Å². The van der Waals surface area contributed by atoms with E-state index in [4.69, 9.17) is 5.11 Å². The number of fused-ring (bicyclic) bond motifs is 1. The molecule has 1 aromatic carbocycles. The third-order valence-corrected chi connectivity index (χ3v) is 3.30. The molecule has 0 unspecified atom stereocenters. The van der Waals surface area contributed by atoms with Gasteiger partial charge in [0.15, 0.2) is 0 Å². The molecular weight excluding hydrogens is 280 g/mol. The number of carboxylic acid groups (broad SMARTS) is 1. The normalized spacial score (nSPS) is 10.5. The van der Waals surface area contributed by atoms with Gasteiger partial charge in [-0.2, -0.15) is 0 Å². The number of carbonyl (C=O) groups is 1. The van der Waals surface area contributed by atoms with Gasteiger partial charge in [-0.25, -0.2) is 9.78 Å². The summed E-state index contributed by atoms with van der Waals surface area (Å²) in [5.41, 5.74) is 0.894. The van der Waals surface area contributed by atoms with Crippen LogP contribution in [0, 0.1) is 0 Å². The van der Waals surface area contributed by atoms with E-state index in [-0.39, 0.29) is 6.54 Å². The summed E-state index contributed by atoms with van der Waals surface area (Å²) in [6.45, 7) is 0.256. The average Bonchev–Trinajstić information content (AvgIpc) is 2.56. The van der Waals surface area contributed by atoms with Crippen molar-refractivity contribution in [1.82, 2.24) is 10.3 Å². The summed E-state index contributed by atoms with van der Waals surface area (Å²) in [6.07, 6.45) is -1.03. The lowest BCUT2D eigenvalue weighted by atomic mass is 10.3. The molecule has 2 aromatic rings. The minimum atomic E-state index is -1.03. The lowest BCUT2D eigenvalue weighted by molar-refractivity contribution is 0.194. The highest BCUT2D eigenvalue weighted by Gasteiger charge is 2.04. The van der Waals surface area contributed by atoms with Crippen LogP contribution in [0.1, 0.15) is 5.01 Å². The third kappa shape index (κ3) is 2.45. The molecule has 4 nitrogen and oxygen atoms in total. The van der Waals surface area contributed by atoms with Gasteiger partial charge in [-0.1, -0.05) is 15.9 Å². The Morgan fingerprint density at radius 2 is 2.40 bits per heavy atom. The van der Waals surface area contributed by atoms with E-state index in [1.807, 2.05) is 18.2 Å². The van der Waals surface area contributed by atoms with Gasteiger partial charge in [-0.05, 0) is 18.2 Å². The summed E-state index contributed by atoms with van der Waals surface area (Å²) in [7, 11) is 0. The molecule has 6 heteroatoms. The molecule has 0 atom stereocenters. The van der Waals surface area contributed by atoms with Crippen LogP contribution < -0.4 is 5.32 Å². The largest absolute Gasteiger partial charge is 0.465 e. The minimum absolute atomic E-state index is 0.256. The molecule has 0 saturated heterocycles. The molecule has 0 bridgehead atoms. The summed E-state index contributed by atoms with van der Waals surface area (Å²) in [5, 5.41) is 11.5. The molecule has 0 fully saturated rings. The van der Waals surface area contributed by atoms with E-state index < -0.39 is 6.09 Å². The summed E-state index contributed by atoms with van der Waals surface area (Å²) < 4.78 is 2.04. The maximum Gasteiger partial charge on any atom is 0.405 e. The van der Waals surface area contributed by atoms with Crippen LogP contribution >= 0.6 is 27.3 Å². The van der Waals surface area contributed by atoms with Crippen molar-refractivity contribution in [1.29, 1.82) is 0 Å². The highest BCUT2D eigenvalue weighted by atomic mass is 79.9. The molecule has 0 radical (unpaired) electrons. The number of hydrogen-bond acceptors (Lipinski definition) is 3. The number of nitrogens with zero attached hydrogens (tertiary/aromatic N) is 1. The van der Waals surface area contributed by atoms with Crippen molar-refractivity contribution >= 4 is 43.6 Å². The minimum Gasteiger partial charge on any atom is -0.465 e. The van der Waals surface area contributed by atoms with Gasteiger partial charge in [0, 0.05) is 4.47 Å². The zero-order chi connectivity index (χ0) is 10.8. The second-order valence-electron chi connectivity index (χ2n) is 2.88. The van der Waals surface area contributed by atoms with Crippen molar-refractivity contribution in [2.75, 3.05) is 0 Å². The van der Waals surface area contributed by atoms with E-state index in [1.165, 1.54) is 11.3 Å². The van der Waals surface area contributed by atoms with E-state index in [0.29, 0.717) is 0 Å². The van der Waals surface area contributed by atoms with E-state index in [0.717, 1.165) is 19.7 Å². The van der Waals surface area contributed by atoms with Gasteiger partial charge < -0.3 is 10.4 Å². The smallest absolute Gasteiger partial charge is 0.405 e. The summed E-state index contributed by atoms with van der Waals surface area (Å²) in [4.78, 5) is 14.6. The molecule has 1 amide bonds. The molecule has 1 aromatic heterocycles. The highest BCUT2D eigenvalue weighted by molar-refractivity contribution is 9.10. The van der Waals surface area contributed by atoms with Crippen LogP contribution in [0.5, 0.6) is 0 Å². The fourth-order valence-corrected chi connectivity index (χ4v) is 2.63. The molecule has 0 saturated carbocycles. The number of rotatable bonds is 2. The molecule has 0 aliphatic carbocycles. The van der Waals surface area contributed by atoms with Gasteiger partial charge in [-0.3, -0.25) is 0 Å². The lowest BCUT2D eigenvalue weighted by Gasteiger charge is -1.93. The second kappa shape index (κ2) is 4.16. The van der Waals surface area contributed by atoms with Gasteiger partial charge in [0.25, 0.3) is 0 Å². The monoisotopic (exact) mass is 286 g/mol. The third-order valence-electron chi connectivity index (χ3n) is 1.79. The van der Waals surface area contributed by atoms with Crippen molar-refractivity contribution in [2.45, 2.75) is 6.54 Å². The van der Waals surface area contributed by atoms with Crippen molar-refractivity contribution in [3.05, 3.63) is 27.7 Å². The number of hydrogen-bond donors (Lipinski definition) is 2. The molecule has 0 aliphatic rings. The van der Waals surface area contributed by atoms with Crippen molar-refractivity contribution in [3.8, 4) is 0 Å². The molecular formula is C9H7BrN2O2S. The Kier molecular flexibility index (Phi) is 2.88. The Bertz CT molecular complexity index is 512. The Hall–Kier alpha value is -1.14. The fourth-order valence-electron chi connectivity index (χ4n) is 1.17. The van der Waals surface area contributed by atoms with Gasteiger partial charge in [0.1, 0.15) is 5.01 Å². The van der Waals surface area contributed by atoms with Gasteiger partial charge in [-0.15, -0.1) is 11.3 Å². The van der Waals surface area contributed by atoms with Crippen LogP contribution in [-0.4, -0.2) is 16.2 Å². The average molecular weight is 287 g/mol. The topological polar surface area (TPSA) is 62.2 Å². The molecule has 2 rings (SSSR count). The van der Waals surface area contributed by atoms with Crippen LogP contribution in [0.3, 0.4) is 0 Å². The fraction of sp³-hybridized carbons (Fsp3) is 0.111. The Morgan fingerprint density at radius 1 is 1.60 bits per heavy atom. The number of thiazole rings is 1. The zero-order valence-electron chi connectivity index (χ0n) is 7.53. The maximum absolute atomic E-state index is 10.3. The molecule has 2 N–H and O–H groups in total. The van der Waals surface area contributed by atoms with Crippen LogP contribution in [0.25, 0.3) is 10.2 Å². The number of nitrogens with one attached hydrogen (secondary N) is 1. The van der Waals surface area contributed by atoms with Crippen LogP contribution in [-0.2, 0) is 6.54 Å². The molecule has 0 aliphatic heterocycles. The molecule has 0 spiro atoms. The van der Waals surface area contributed by atoms with Crippen LogP contribution in [0.4, 0.5) is 4.79 Å². The Balaban J connectivity index is 2.27. The Labute approximate surface area is 98.1 Å².